The first-order valence-electron chi connectivity index (χ1n) is 9.12. The van der Waals surface area contributed by atoms with Crippen LogP contribution in [0, 0.1) is 0 Å². The molecule has 0 fully saturated rings. The average molecular weight is 370 g/mol. The summed E-state index contributed by atoms with van der Waals surface area (Å²) in [6.07, 6.45) is 0. The maximum absolute atomic E-state index is 12.4. The highest BCUT2D eigenvalue weighted by atomic mass is 16.5. The summed E-state index contributed by atoms with van der Waals surface area (Å²) in [4.78, 5) is 16.5. The summed E-state index contributed by atoms with van der Waals surface area (Å²) in [6.45, 7) is 2.96. The van der Waals surface area contributed by atoms with E-state index < -0.39 is 0 Å². The maximum Gasteiger partial charge on any atom is 0.319 e. The fourth-order valence-corrected chi connectivity index (χ4v) is 2.80. The van der Waals surface area contributed by atoms with Gasteiger partial charge in [-0.25, -0.2) is 4.79 Å². The number of benzene rings is 2. The van der Waals surface area contributed by atoms with Crippen LogP contribution in [0.5, 0.6) is 5.75 Å². The Morgan fingerprint density at radius 1 is 1.04 bits per heavy atom. The van der Waals surface area contributed by atoms with Crippen LogP contribution in [0.1, 0.15) is 18.5 Å². The Hall–Kier alpha value is -2.73. The number of amides is 2. The number of carbonyl (C=O) groups excluding carboxylic acids is 1. The Bertz CT molecular complexity index is 729. The largest absolute Gasteiger partial charge is 0.492 e. The van der Waals surface area contributed by atoms with Crippen LogP contribution >= 0.6 is 0 Å². The van der Waals surface area contributed by atoms with Crippen LogP contribution in [0.4, 0.5) is 16.2 Å². The lowest BCUT2D eigenvalue weighted by Crippen LogP contribution is -2.37. The van der Waals surface area contributed by atoms with Crippen molar-refractivity contribution in [2.24, 2.45) is 0 Å². The molecular formula is C21H30N4O2. The topological polar surface area (TPSA) is 56.8 Å². The zero-order chi connectivity index (χ0) is 19.8. The van der Waals surface area contributed by atoms with Crippen molar-refractivity contribution in [1.82, 2.24) is 10.2 Å². The molecule has 2 amide bonds. The minimum Gasteiger partial charge on any atom is -0.492 e. The number of hydrogen-bond donors (Lipinski definition) is 2. The molecule has 0 aliphatic carbocycles. The molecule has 2 rings (SSSR count). The van der Waals surface area contributed by atoms with Gasteiger partial charge in [0, 0.05) is 26.3 Å². The molecule has 0 aliphatic rings. The first-order valence-corrected chi connectivity index (χ1v) is 9.12. The van der Waals surface area contributed by atoms with Crippen molar-refractivity contribution < 1.29 is 9.53 Å². The van der Waals surface area contributed by atoms with Crippen molar-refractivity contribution in [2.45, 2.75) is 13.0 Å². The van der Waals surface area contributed by atoms with E-state index in [1.54, 1.807) is 0 Å². The molecule has 2 aromatic rings. The van der Waals surface area contributed by atoms with Crippen molar-refractivity contribution >= 4 is 17.4 Å². The first-order chi connectivity index (χ1) is 12.9. The second-order valence-electron chi connectivity index (χ2n) is 6.73. The normalized spacial score (nSPS) is 11.8. The third-order valence-corrected chi connectivity index (χ3v) is 4.31. The lowest BCUT2D eigenvalue weighted by Gasteiger charge is -2.26. The Morgan fingerprint density at radius 2 is 1.70 bits per heavy atom. The Labute approximate surface area is 162 Å². The number of urea groups is 1. The highest BCUT2D eigenvalue weighted by Crippen LogP contribution is 2.24. The summed E-state index contributed by atoms with van der Waals surface area (Å²) in [7, 11) is 8.05. The van der Waals surface area contributed by atoms with Crippen LogP contribution in [0.3, 0.4) is 0 Å². The van der Waals surface area contributed by atoms with Gasteiger partial charge in [-0.3, -0.25) is 0 Å². The predicted octanol–water partition coefficient (Wildman–Crippen LogP) is 3.58. The lowest BCUT2D eigenvalue weighted by atomic mass is 10.1. The van der Waals surface area contributed by atoms with Crippen LogP contribution in [0.2, 0.25) is 0 Å². The van der Waals surface area contributed by atoms with E-state index in [-0.39, 0.29) is 12.1 Å². The maximum atomic E-state index is 12.4. The van der Waals surface area contributed by atoms with Crippen molar-refractivity contribution in [1.29, 1.82) is 0 Å². The van der Waals surface area contributed by atoms with E-state index in [0.29, 0.717) is 24.6 Å². The summed E-state index contributed by atoms with van der Waals surface area (Å²) in [5, 5.41) is 5.82. The van der Waals surface area contributed by atoms with Crippen LogP contribution in [0.25, 0.3) is 0 Å². The number of para-hydroxylation sites is 2. The van der Waals surface area contributed by atoms with Crippen LogP contribution < -0.4 is 20.3 Å². The molecule has 1 atom stereocenters. The highest BCUT2D eigenvalue weighted by molar-refractivity contribution is 5.90. The Kier molecular flexibility index (Phi) is 7.49. The van der Waals surface area contributed by atoms with Crippen molar-refractivity contribution in [3.8, 4) is 5.75 Å². The SMILES string of the molecule is CCOc1ccccc1NC(=O)NCC(c1ccc(N(C)C)cc1)N(C)C. The van der Waals surface area contributed by atoms with E-state index in [1.165, 1.54) is 0 Å². The molecule has 0 aromatic heterocycles. The van der Waals surface area contributed by atoms with Gasteiger partial charge in [-0.1, -0.05) is 24.3 Å². The van der Waals surface area contributed by atoms with E-state index in [0.717, 1.165) is 11.3 Å². The number of ether oxygens (including phenoxy) is 1. The molecule has 6 heteroatoms. The molecule has 0 saturated carbocycles. The molecule has 0 bridgehead atoms. The van der Waals surface area contributed by atoms with Gasteiger partial charge < -0.3 is 25.2 Å². The summed E-state index contributed by atoms with van der Waals surface area (Å²) < 4.78 is 5.55. The van der Waals surface area contributed by atoms with E-state index in [4.69, 9.17) is 4.74 Å². The zero-order valence-electron chi connectivity index (χ0n) is 16.8. The molecule has 0 aliphatic heterocycles. The molecule has 2 N–H and O–H groups in total. The molecule has 0 saturated heterocycles. The number of nitrogens with one attached hydrogen (secondary N) is 2. The highest BCUT2D eigenvalue weighted by Gasteiger charge is 2.16. The van der Waals surface area contributed by atoms with E-state index in [1.807, 2.05) is 59.4 Å². The fraction of sp³-hybridized carbons (Fsp3) is 0.381. The van der Waals surface area contributed by atoms with E-state index in [9.17, 15) is 4.79 Å². The van der Waals surface area contributed by atoms with Crippen molar-refractivity contribution in [3.63, 3.8) is 0 Å². The van der Waals surface area contributed by atoms with E-state index >= 15 is 0 Å². The summed E-state index contributed by atoms with van der Waals surface area (Å²) >= 11 is 0. The minimum atomic E-state index is -0.251. The smallest absolute Gasteiger partial charge is 0.319 e. The molecular weight excluding hydrogens is 340 g/mol. The van der Waals surface area contributed by atoms with Crippen LogP contribution in [-0.4, -0.2) is 52.3 Å². The van der Waals surface area contributed by atoms with Crippen molar-refractivity contribution in [3.05, 3.63) is 54.1 Å². The van der Waals surface area contributed by atoms with Crippen molar-refractivity contribution in [2.75, 3.05) is 51.6 Å². The van der Waals surface area contributed by atoms with Gasteiger partial charge >= 0.3 is 6.03 Å². The summed E-state index contributed by atoms with van der Waals surface area (Å²) in [5.41, 5.74) is 2.96. The third-order valence-electron chi connectivity index (χ3n) is 4.31. The van der Waals surface area contributed by atoms with Gasteiger partial charge in [-0.05, 0) is 50.8 Å². The van der Waals surface area contributed by atoms with Crippen LogP contribution in [-0.2, 0) is 0 Å². The molecule has 6 nitrogen and oxygen atoms in total. The molecule has 2 aromatic carbocycles. The Balaban J connectivity index is 2.00. The van der Waals surface area contributed by atoms with Gasteiger partial charge in [-0.2, -0.15) is 0 Å². The third kappa shape index (κ3) is 5.89. The lowest BCUT2D eigenvalue weighted by molar-refractivity contribution is 0.243. The Morgan fingerprint density at radius 3 is 2.30 bits per heavy atom. The van der Waals surface area contributed by atoms with Gasteiger partial charge in [0.1, 0.15) is 5.75 Å². The van der Waals surface area contributed by atoms with Gasteiger partial charge in [-0.15, -0.1) is 0 Å². The number of nitrogens with zero attached hydrogens (tertiary/aromatic N) is 2. The number of likely N-dealkylation sites (N-methyl/N-ethyl adjacent to an activating group) is 1. The second-order valence-corrected chi connectivity index (χ2v) is 6.73. The molecule has 27 heavy (non-hydrogen) atoms. The fourth-order valence-electron chi connectivity index (χ4n) is 2.80. The molecule has 0 spiro atoms. The monoisotopic (exact) mass is 370 g/mol. The quantitative estimate of drug-likeness (QED) is 0.746. The number of hydrogen-bond acceptors (Lipinski definition) is 4. The van der Waals surface area contributed by atoms with E-state index in [2.05, 4.69) is 44.7 Å². The summed E-state index contributed by atoms with van der Waals surface area (Å²) in [6, 6.07) is 15.6. The standard InChI is InChI=1S/C21H30N4O2/c1-6-27-20-10-8-7-9-18(20)23-21(26)22-15-19(25(4)5)16-11-13-17(14-12-16)24(2)3/h7-14,19H,6,15H2,1-5H3,(H2,22,23,26). The molecule has 1 unspecified atom stereocenters. The van der Waals surface area contributed by atoms with Gasteiger partial charge in [0.25, 0.3) is 0 Å². The molecule has 0 radical (unpaired) electrons. The predicted molar refractivity (Wildman–Crippen MR) is 112 cm³/mol. The average Bonchev–Trinajstić information content (AvgIpc) is 2.64. The second kappa shape index (κ2) is 9.83. The number of rotatable bonds is 8. The number of anilines is 2. The zero-order valence-corrected chi connectivity index (χ0v) is 16.8. The van der Waals surface area contributed by atoms with Crippen LogP contribution in [0.15, 0.2) is 48.5 Å². The van der Waals surface area contributed by atoms with Gasteiger partial charge in [0.2, 0.25) is 0 Å². The first kappa shape index (κ1) is 20.6. The number of carbonyl (C=O) groups is 1. The molecule has 0 heterocycles. The molecule has 146 valence electrons. The minimum absolute atomic E-state index is 0.0779. The summed E-state index contributed by atoms with van der Waals surface area (Å²) in [5.74, 6) is 0.665. The van der Waals surface area contributed by atoms with Gasteiger partial charge in [0.05, 0.1) is 18.3 Å². The van der Waals surface area contributed by atoms with Gasteiger partial charge in [0.15, 0.2) is 0 Å².